The summed E-state index contributed by atoms with van der Waals surface area (Å²) < 4.78 is 0. The molecule has 2 aromatic heterocycles. The fourth-order valence-electron chi connectivity index (χ4n) is 2.34. The van der Waals surface area contributed by atoms with Crippen molar-refractivity contribution in [3.8, 4) is 0 Å². The van der Waals surface area contributed by atoms with Gasteiger partial charge in [-0.15, -0.1) is 0 Å². The summed E-state index contributed by atoms with van der Waals surface area (Å²) in [6.45, 7) is 1.04. The second-order valence-electron chi connectivity index (χ2n) is 5.00. The largest absolute Gasteiger partial charge is 0.382 e. The van der Waals surface area contributed by atoms with E-state index in [-0.39, 0.29) is 11.5 Å². The molecule has 0 saturated heterocycles. The van der Waals surface area contributed by atoms with Crippen LogP contribution in [0.3, 0.4) is 0 Å². The molecule has 0 radical (unpaired) electrons. The standard InChI is InChI=1S/C17H16N4O2/c22-16-14-6-2-1-5-13(14)15(11-21-16)17(23)20-9-8-19-12-4-3-7-18-10-12/h1-7,10-11,19H,8-9H2,(H,20,23)(H,21,22). The van der Waals surface area contributed by atoms with Crippen LogP contribution in [0.4, 0.5) is 5.69 Å². The Morgan fingerprint density at radius 3 is 2.70 bits per heavy atom. The highest BCUT2D eigenvalue weighted by atomic mass is 16.1. The lowest BCUT2D eigenvalue weighted by Crippen LogP contribution is -2.29. The Balaban J connectivity index is 1.65. The molecule has 2 heterocycles. The van der Waals surface area contributed by atoms with Crippen molar-refractivity contribution in [3.63, 3.8) is 0 Å². The summed E-state index contributed by atoms with van der Waals surface area (Å²) in [5.74, 6) is -0.217. The molecule has 0 unspecified atom stereocenters. The fraction of sp³-hybridized carbons (Fsp3) is 0.118. The van der Waals surface area contributed by atoms with Gasteiger partial charge in [-0.25, -0.2) is 0 Å². The van der Waals surface area contributed by atoms with E-state index in [4.69, 9.17) is 0 Å². The number of nitrogens with zero attached hydrogens (tertiary/aromatic N) is 1. The van der Waals surface area contributed by atoms with Crippen molar-refractivity contribution in [2.75, 3.05) is 18.4 Å². The van der Waals surface area contributed by atoms with Crippen LogP contribution < -0.4 is 16.2 Å². The third-order valence-electron chi connectivity index (χ3n) is 3.46. The third kappa shape index (κ3) is 3.37. The van der Waals surface area contributed by atoms with E-state index in [0.717, 1.165) is 5.69 Å². The number of hydrogen-bond acceptors (Lipinski definition) is 4. The number of carbonyl (C=O) groups excluding carboxylic acids is 1. The number of nitrogens with one attached hydrogen (secondary N) is 3. The zero-order valence-corrected chi connectivity index (χ0v) is 12.4. The molecule has 0 aliphatic carbocycles. The quantitative estimate of drug-likeness (QED) is 0.627. The molecule has 0 aliphatic heterocycles. The van der Waals surface area contributed by atoms with Crippen molar-refractivity contribution in [1.29, 1.82) is 0 Å². The SMILES string of the molecule is O=C(NCCNc1cccnc1)c1c[nH]c(=O)c2ccccc12. The van der Waals surface area contributed by atoms with E-state index in [1.165, 1.54) is 6.20 Å². The molecule has 0 saturated carbocycles. The van der Waals surface area contributed by atoms with Gasteiger partial charge in [0, 0.05) is 42.5 Å². The highest BCUT2D eigenvalue weighted by molar-refractivity contribution is 6.06. The van der Waals surface area contributed by atoms with Gasteiger partial charge in [0.15, 0.2) is 0 Å². The maximum absolute atomic E-state index is 12.3. The van der Waals surface area contributed by atoms with E-state index >= 15 is 0 Å². The molecule has 116 valence electrons. The highest BCUT2D eigenvalue weighted by Gasteiger charge is 2.11. The van der Waals surface area contributed by atoms with Crippen LogP contribution in [0.1, 0.15) is 10.4 Å². The van der Waals surface area contributed by atoms with Gasteiger partial charge in [-0.05, 0) is 18.2 Å². The lowest BCUT2D eigenvalue weighted by Gasteiger charge is -2.09. The van der Waals surface area contributed by atoms with E-state index in [2.05, 4.69) is 20.6 Å². The molecule has 0 fully saturated rings. The number of pyridine rings is 2. The first kappa shape index (κ1) is 14.8. The van der Waals surface area contributed by atoms with Gasteiger partial charge >= 0.3 is 0 Å². The van der Waals surface area contributed by atoms with Gasteiger partial charge in [-0.3, -0.25) is 14.6 Å². The maximum Gasteiger partial charge on any atom is 0.255 e. The molecule has 1 amide bonds. The first-order valence-corrected chi connectivity index (χ1v) is 7.28. The molecule has 0 atom stereocenters. The maximum atomic E-state index is 12.3. The topological polar surface area (TPSA) is 86.9 Å². The molecule has 23 heavy (non-hydrogen) atoms. The minimum absolute atomic E-state index is 0.199. The molecule has 6 nitrogen and oxygen atoms in total. The third-order valence-corrected chi connectivity index (χ3v) is 3.46. The predicted octanol–water partition coefficient (Wildman–Crippen LogP) is 1.76. The summed E-state index contributed by atoms with van der Waals surface area (Å²) in [6, 6.07) is 10.8. The van der Waals surface area contributed by atoms with Gasteiger partial charge in [0.2, 0.25) is 0 Å². The summed E-state index contributed by atoms with van der Waals surface area (Å²) in [7, 11) is 0. The van der Waals surface area contributed by atoms with Crippen molar-refractivity contribution < 1.29 is 4.79 Å². The smallest absolute Gasteiger partial charge is 0.255 e. The number of fused-ring (bicyclic) bond motifs is 1. The Hall–Kier alpha value is -3.15. The van der Waals surface area contributed by atoms with Crippen LogP contribution in [0.2, 0.25) is 0 Å². The number of aromatic nitrogens is 2. The molecule has 6 heteroatoms. The van der Waals surface area contributed by atoms with Crippen molar-refractivity contribution in [3.05, 3.63) is 70.9 Å². The van der Waals surface area contributed by atoms with Crippen LogP contribution in [-0.4, -0.2) is 29.0 Å². The second-order valence-corrected chi connectivity index (χ2v) is 5.00. The minimum atomic E-state index is -0.217. The highest BCUT2D eigenvalue weighted by Crippen LogP contribution is 2.13. The average Bonchev–Trinajstić information content (AvgIpc) is 2.60. The summed E-state index contributed by atoms with van der Waals surface area (Å²) >= 11 is 0. The number of benzene rings is 1. The van der Waals surface area contributed by atoms with E-state index < -0.39 is 0 Å². The van der Waals surface area contributed by atoms with Gasteiger partial charge in [-0.2, -0.15) is 0 Å². The van der Waals surface area contributed by atoms with Crippen LogP contribution in [-0.2, 0) is 0 Å². The first-order chi connectivity index (χ1) is 11.3. The van der Waals surface area contributed by atoms with Crippen molar-refractivity contribution >= 4 is 22.4 Å². The van der Waals surface area contributed by atoms with Crippen LogP contribution in [0.5, 0.6) is 0 Å². The number of aromatic amines is 1. The summed E-state index contributed by atoms with van der Waals surface area (Å²) in [6.07, 6.45) is 4.88. The van der Waals surface area contributed by atoms with Crippen molar-refractivity contribution in [1.82, 2.24) is 15.3 Å². The van der Waals surface area contributed by atoms with E-state index in [1.54, 1.807) is 30.6 Å². The zero-order chi connectivity index (χ0) is 16.1. The predicted molar refractivity (Wildman–Crippen MR) is 89.6 cm³/mol. The Morgan fingerprint density at radius 1 is 1.09 bits per heavy atom. The fourth-order valence-corrected chi connectivity index (χ4v) is 2.34. The number of carbonyl (C=O) groups is 1. The van der Waals surface area contributed by atoms with Gasteiger partial charge < -0.3 is 15.6 Å². The number of anilines is 1. The van der Waals surface area contributed by atoms with Crippen LogP contribution in [0.25, 0.3) is 10.8 Å². The molecule has 0 aliphatic rings. The Bertz CT molecular complexity index is 874. The summed E-state index contributed by atoms with van der Waals surface area (Å²) in [5, 5.41) is 7.15. The Morgan fingerprint density at radius 2 is 1.91 bits per heavy atom. The van der Waals surface area contributed by atoms with E-state index in [9.17, 15) is 9.59 Å². The molecule has 3 aromatic rings. The van der Waals surface area contributed by atoms with Gasteiger partial charge in [0.05, 0.1) is 11.3 Å². The molecule has 3 rings (SSSR count). The monoisotopic (exact) mass is 308 g/mol. The van der Waals surface area contributed by atoms with E-state index in [1.807, 2.05) is 18.2 Å². The first-order valence-electron chi connectivity index (χ1n) is 7.28. The van der Waals surface area contributed by atoms with Crippen LogP contribution in [0.15, 0.2) is 59.8 Å². The zero-order valence-electron chi connectivity index (χ0n) is 12.4. The Kier molecular flexibility index (Phi) is 4.33. The molecule has 0 spiro atoms. The normalized spacial score (nSPS) is 10.4. The minimum Gasteiger partial charge on any atom is -0.382 e. The summed E-state index contributed by atoms with van der Waals surface area (Å²) in [4.78, 5) is 30.7. The molecule has 0 bridgehead atoms. The van der Waals surface area contributed by atoms with Gasteiger partial charge in [0.1, 0.15) is 0 Å². The lowest BCUT2D eigenvalue weighted by molar-refractivity contribution is 0.0956. The molecule has 1 aromatic carbocycles. The average molecular weight is 308 g/mol. The lowest BCUT2D eigenvalue weighted by atomic mass is 10.1. The molecule has 3 N–H and O–H groups in total. The van der Waals surface area contributed by atoms with Crippen molar-refractivity contribution in [2.24, 2.45) is 0 Å². The van der Waals surface area contributed by atoms with Crippen LogP contribution in [0, 0.1) is 0 Å². The summed E-state index contributed by atoms with van der Waals surface area (Å²) in [5.41, 5.74) is 1.16. The van der Waals surface area contributed by atoms with Crippen LogP contribution >= 0.6 is 0 Å². The number of amides is 1. The second kappa shape index (κ2) is 6.74. The van der Waals surface area contributed by atoms with Gasteiger partial charge in [0.25, 0.3) is 11.5 Å². The molecular formula is C17H16N4O2. The number of rotatable bonds is 5. The number of hydrogen-bond donors (Lipinski definition) is 3. The van der Waals surface area contributed by atoms with Gasteiger partial charge in [-0.1, -0.05) is 18.2 Å². The van der Waals surface area contributed by atoms with E-state index in [0.29, 0.717) is 29.4 Å². The van der Waals surface area contributed by atoms with Crippen molar-refractivity contribution in [2.45, 2.75) is 0 Å². The number of H-pyrrole nitrogens is 1. The molecular weight excluding hydrogens is 292 g/mol. The Labute approximate surface area is 132 Å².